The van der Waals surface area contributed by atoms with Crippen LogP contribution in [0.2, 0.25) is 5.02 Å². The van der Waals surface area contributed by atoms with Gasteiger partial charge in [0, 0.05) is 11.6 Å². The highest BCUT2D eigenvalue weighted by Crippen LogP contribution is 2.36. The molecule has 0 aliphatic heterocycles. The Morgan fingerprint density at radius 3 is 2.71 bits per heavy atom. The summed E-state index contributed by atoms with van der Waals surface area (Å²) in [5.41, 5.74) is 6.74. The predicted molar refractivity (Wildman–Crippen MR) is 92.4 cm³/mol. The van der Waals surface area contributed by atoms with E-state index >= 15 is 0 Å². The van der Waals surface area contributed by atoms with E-state index in [0.29, 0.717) is 29.7 Å². The second-order valence-corrected chi connectivity index (χ2v) is 7.36. The number of fused-ring (bicyclic) bond motifs is 1. The Morgan fingerprint density at radius 1 is 1.25 bits per heavy atom. The average molecular weight is 370 g/mol. The van der Waals surface area contributed by atoms with Gasteiger partial charge in [0.15, 0.2) is 11.6 Å². The van der Waals surface area contributed by atoms with E-state index in [1.807, 2.05) is 10.6 Å². The zero-order valence-electron chi connectivity index (χ0n) is 12.7. The van der Waals surface area contributed by atoms with Gasteiger partial charge in [-0.25, -0.2) is 4.98 Å². The van der Waals surface area contributed by atoms with Gasteiger partial charge in [0.25, 0.3) is 0 Å². The molecule has 0 saturated heterocycles. The van der Waals surface area contributed by atoms with Crippen LogP contribution in [0.3, 0.4) is 0 Å². The zero-order valence-corrected chi connectivity index (χ0v) is 14.4. The highest BCUT2D eigenvalue weighted by molar-refractivity contribution is 7.59. The van der Waals surface area contributed by atoms with E-state index < -0.39 is 7.60 Å². The van der Waals surface area contributed by atoms with Gasteiger partial charge < -0.3 is 24.5 Å². The number of nitrogens with zero attached hydrogens (tertiary/aromatic N) is 2. The van der Waals surface area contributed by atoms with Gasteiger partial charge in [-0.3, -0.25) is 4.57 Å². The summed E-state index contributed by atoms with van der Waals surface area (Å²) in [5, 5.41) is 0.587. The molecule has 2 aromatic heterocycles. The van der Waals surface area contributed by atoms with Crippen molar-refractivity contribution in [3.05, 3.63) is 35.4 Å². The second-order valence-electron chi connectivity index (χ2n) is 5.40. The first-order chi connectivity index (χ1) is 11.4. The molecular weight excluding hydrogens is 353 g/mol. The fourth-order valence-corrected chi connectivity index (χ4v) is 3.18. The molecule has 4 N–H and O–H groups in total. The molecule has 0 radical (unpaired) electrons. The quantitative estimate of drug-likeness (QED) is 0.454. The van der Waals surface area contributed by atoms with Crippen molar-refractivity contribution in [2.75, 3.05) is 6.54 Å². The highest BCUT2D eigenvalue weighted by Gasteiger charge is 2.24. The summed E-state index contributed by atoms with van der Waals surface area (Å²) >= 11 is 6.08. The molecule has 0 amide bonds. The molecule has 24 heavy (non-hydrogen) atoms. The molecule has 9 heteroatoms. The summed E-state index contributed by atoms with van der Waals surface area (Å²) in [6.45, 7) is 1.24. The number of furan rings is 1. The maximum atomic E-state index is 11.3. The molecule has 128 valence electrons. The van der Waals surface area contributed by atoms with Crippen LogP contribution in [0.5, 0.6) is 0 Å². The van der Waals surface area contributed by atoms with Gasteiger partial charge in [0.05, 0.1) is 11.0 Å². The Hall–Kier alpha value is -1.63. The van der Waals surface area contributed by atoms with E-state index in [1.54, 1.807) is 12.1 Å². The SMILES string of the molecule is NCCCCn1c(-c2ccc(P(=O)(O)O)o2)nc2ccc(Cl)cc21. The summed E-state index contributed by atoms with van der Waals surface area (Å²) in [7, 11) is -4.44. The number of nitrogens with two attached hydrogens (primary N) is 1. The van der Waals surface area contributed by atoms with Crippen molar-refractivity contribution in [2.24, 2.45) is 5.73 Å². The van der Waals surface area contributed by atoms with Gasteiger partial charge in [-0.1, -0.05) is 11.6 Å². The van der Waals surface area contributed by atoms with Crippen molar-refractivity contribution in [3.8, 4) is 11.6 Å². The topological polar surface area (TPSA) is 115 Å². The number of hydrogen-bond donors (Lipinski definition) is 3. The molecule has 2 heterocycles. The van der Waals surface area contributed by atoms with Gasteiger partial charge in [-0.2, -0.15) is 0 Å². The first kappa shape index (κ1) is 17.2. The smallest absolute Gasteiger partial charge is 0.391 e. The van der Waals surface area contributed by atoms with Crippen LogP contribution in [0, 0.1) is 0 Å². The van der Waals surface area contributed by atoms with Crippen molar-refractivity contribution < 1.29 is 18.8 Å². The molecule has 0 bridgehead atoms. The van der Waals surface area contributed by atoms with Crippen LogP contribution in [0.4, 0.5) is 0 Å². The molecule has 7 nitrogen and oxygen atoms in total. The normalized spacial score (nSPS) is 12.2. The minimum absolute atomic E-state index is 0.299. The van der Waals surface area contributed by atoms with Crippen molar-refractivity contribution in [1.82, 2.24) is 9.55 Å². The lowest BCUT2D eigenvalue weighted by Crippen LogP contribution is -2.05. The molecule has 3 rings (SSSR count). The Bertz CT molecular complexity index is 915. The Labute approximate surface area is 143 Å². The highest BCUT2D eigenvalue weighted by atomic mass is 35.5. The molecule has 0 saturated carbocycles. The van der Waals surface area contributed by atoms with Crippen LogP contribution in [0.25, 0.3) is 22.6 Å². The largest absolute Gasteiger partial charge is 0.445 e. The molecular formula is C15H17ClN3O4P. The first-order valence-corrected chi connectivity index (χ1v) is 9.41. The van der Waals surface area contributed by atoms with Crippen LogP contribution in [0.15, 0.2) is 34.7 Å². The van der Waals surface area contributed by atoms with E-state index in [1.165, 1.54) is 12.1 Å². The number of unbranched alkanes of at least 4 members (excludes halogenated alkanes) is 1. The van der Waals surface area contributed by atoms with E-state index in [2.05, 4.69) is 4.98 Å². The van der Waals surface area contributed by atoms with Crippen molar-refractivity contribution in [3.63, 3.8) is 0 Å². The maximum absolute atomic E-state index is 11.3. The van der Waals surface area contributed by atoms with Gasteiger partial charge in [-0.15, -0.1) is 0 Å². The number of imidazole rings is 1. The molecule has 0 aliphatic rings. The van der Waals surface area contributed by atoms with E-state index in [-0.39, 0.29) is 5.50 Å². The summed E-state index contributed by atoms with van der Waals surface area (Å²) < 4.78 is 18.6. The predicted octanol–water partition coefficient (Wildman–Crippen LogP) is 2.49. The third kappa shape index (κ3) is 3.41. The number of benzene rings is 1. The molecule has 3 aromatic rings. The molecule has 0 atom stereocenters. The zero-order chi connectivity index (χ0) is 17.3. The molecule has 0 spiro atoms. The van der Waals surface area contributed by atoms with E-state index in [9.17, 15) is 14.4 Å². The van der Waals surface area contributed by atoms with Crippen LogP contribution >= 0.6 is 19.2 Å². The fourth-order valence-electron chi connectivity index (χ4n) is 2.53. The number of aryl methyl sites for hydroxylation is 1. The number of halogens is 1. The third-order valence-corrected chi connectivity index (χ3v) is 4.70. The Balaban J connectivity index is 2.10. The minimum atomic E-state index is -4.44. The van der Waals surface area contributed by atoms with Crippen LogP contribution in [-0.2, 0) is 11.1 Å². The Kier molecular flexibility index (Phi) is 4.80. The standard InChI is InChI=1S/C15H17ClN3O4P/c16-10-3-4-11-12(9-10)19(8-2-1-7-17)15(18-11)13-5-6-14(23-13)24(20,21)22/h3-6,9H,1-2,7-8,17H2,(H2,20,21,22). The van der Waals surface area contributed by atoms with Crippen molar-refractivity contribution in [1.29, 1.82) is 0 Å². The third-order valence-electron chi connectivity index (χ3n) is 3.65. The lowest BCUT2D eigenvalue weighted by molar-refractivity contribution is 0.377. The fraction of sp³-hybridized carbons (Fsp3) is 0.267. The Morgan fingerprint density at radius 2 is 2.04 bits per heavy atom. The molecule has 0 unspecified atom stereocenters. The summed E-state index contributed by atoms with van der Waals surface area (Å²) in [6, 6.07) is 8.13. The van der Waals surface area contributed by atoms with Crippen molar-refractivity contribution >= 4 is 35.7 Å². The minimum Gasteiger partial charge on any atom is -0.445 e. The monoisotopic (exact) mass is 369 g/mol. The number of aromatic nitrogens is 2. The first-order valence-electron chi connectivity index (χ1n) is 7.42. The number of rotatable bonds is 6. The van der Waals surface area contributed by atoms with Crippen LogP contribution < -0.4 is 11.2 Å². The maximum Gasteiger partial charge on any atom is 0.391 e. The van der Waals surface area contributed by atoms with E-state index in [0.717, 1.165) is 23.9 Å². The summed E-state index contributed by atoms with van der Waals surface area (Å²) in [4.78, 5) is 23.0. The summed E-state index contributed by atoms with van der Waals surface area (Å²) in [5.74, 6) is 0.803. The molecule has 0 fully saturated rings. The van der Waals surface area contributed by atoms with Crippen LogP contribution in [-0.4, -0.2) is 25.9 Å². The number of hydrogen-bond acceptors (Lipinski definition) is 4. The van der Waals surface area contributed by atoms with Crippen molar-refractivity contribution in [2.45, 2.75) is 19.4 Å². The second kappa shape index (κ2) is 6.70. The summed E-state index contributed by atoms with van der Waals surface area (Å²) in [6.07, 6.45) is 1.69. The lowest BCUT2D eigenvalue weighted by Gasteiger charge is -2.07. The van der Waals surface area contributed by atoms with Crippen LogP contribution in [0.1, 0.15) is 12.8 Å². The molecule has 0 aliphatic carbocycles. The lowest BCUT2D eigenvalue weighted by atomic mass is 10.3. The van der Waals surface area contributed by atoms with E-state index in [4.69, 9.17) is 21.8 Å². The van der Waals surface area contributed by atoms with Gasteiger partial charge in [-0.05, 0) is 49.7 Å². The molecule has 1 aromatic carbocycles. The van der Waals surface area contributed by atoms with Gasteiger partial charge in [0.1, 0.15) is 0 Å². The van der Waals surface area contributed by atoms with Gasteiger partial charge >= 0.3 is 7.60 Å². The van der Waals surface area contributed by atoms with Gasteiger partial charge in [0.2, 0.25) is 5.50 Å². The average Bonchev–Trinajstić information content (AvgIpc) is 3.12.